The molecule has 3 aromatic carbocycles. The molecule has 0 spiro atoms. The summed E-state index contributed by atoms with van der Waals surface area (Å²) >= 11 is 1.49. The van der Waals surface area contributed by atoms with E-state index in [1.807, 2.05) is 85.8 Å². The van der Waals surface area contributed by atoms with Gasteiger partial charge >= 0.3 is 0 Å². The van der Waals surface area contributed by atoms with Gasteiger partial charge in [-0.2, -0.15) is 0 Å². The van der Waals surface area contributed by atoms with Crippen molar-refractivity contribution in [2.45, 2.75) is 17.1 Å². The Morgan fingerprint density at radius 2 is 1.58 bits per heavy atom. The summed E-state index contributed by atoms with van der Waals surface area (Å²) in [5, 5.41) is 2.81. The Hall–Kier alpha value is -2.72. The van der Waals surface area contributed by atoms with Crippen LogP contribution >= 0.6 is 11.8 Å². The summed E-state index contributed by atoms with van der Waals surface area (Å²) in [5.74, 6) is 0.742. The molecular formula is C22H21NO2S. The van der Waals surface area contributed by atoms with Gasteiger partial charge in [0.25, 0.3) is 0 Å². The number of hydrogen-bond donors (Lipinski definition) is 1. The average molecular weight is 363 g/mol. The molecule has 0 aliphatic rings. The van der Waals surface area contributed by atoms with Crippen molar-refractivity contribution < 1.29 is 9.53 Å². The Balaban J connectivity index is 1.76. The third-order valence-electron chi connectivity index (χ3n) is 4.01. The van der Waals surface area contributed by atoms with E-state index in [1.165, 1.54) is 11.8 Å². The molecule has 4 heteroatoms. The third kappa shape index (κ3) is 4.27. The number of amides is 1. The summed E-state index contributed by atoms with van der Waals surface area (Å²) < 4.78 is 5.37. The van der Waals surface area contributed by atoms with Gasteiger partial charge in [0.05, 0.1) is 17.3 Å². The number of carbonyl (C=O) groups excluding carboxylic acids is 1. The van der Waals surface area contributed by atoms with Gasteiger partial charge in [0, 0.05) is 11.3 Å². The Kier molecular flexibility index (Phi) is 5.97. The fraction of sp³-hybridized carbons (Fsp3) is 0.136. The van der Waals surface area contributed by atoms with Crippen molar-refractivity contribution in [3.05, 3.63) is 78.9 Å². The first-order valence-corrected chi connectivity index (χ1v) is 9.32. The highest BCUT2D eigenvalue weighted by molar-refractivity contribution is 8.00. The first-order chi connectivity index (χ1) is 12.7. The number of carbonyl (C=O) groups is 1. The number of methoxy groups -OCH3 is 1. The maximum atomic E-state index is 12.7. The SMILES string of the molecule is COc1ccccc1SC(C)C(=O)Nc1ccccc1-c1ccccc1. The quantitative estimate of drug-likeness (QED) is 0.589. The van der Waals surface area contributed by atoms with E-state index >= 15 is 0 Å². The molecule has 3 aromatic rings. The predicted molar refractivity (Wildman–Crippen MR) is 109 cm³/mol. The van der Waals surface area contributed by atoms with Crippen LogP contribution in [0.2, 0.25) is 0 Å². The molecule has 1 atom stereocenters. The van der Waals surface area contributed by atoms with Gasteiger partial charge in [-0.1, -0.05) is 60.7 Å². The number of thioether (sulfide) groups is 1. The van der Waals surface area contributed by atoms with Crippen molar-refractivity contribution in [2.75, 3.05) is 12.4 Å². The van der Waals surface area contributed by atoms with Crippen LogP contribution in [0.1, 0.15) is 6.92 Å². The topological polar surface area (TPSA) is 38.3 Å². The minimum atomic E-state index is -0.255. The lowest BCUT2D eigenvalue weighted by Gasteiger charge is -2.16. The first-order valence-electron chi connectivity index (χ1n) is 8.44. The van der Waals surface area contributed by atoms with Crippen LogP contribution in [-0.2, 0) is 4.79 Å². The Morgan fingerprint density at radius 1 is 0.923 bits per heavy atom. The van der Waals surface area contributed by atoms with Crippen molar-refractivity contribution in [3.63, 3.8) is 0 Å². The molecule has 132 valence electrons. The fourth-order valence-corrected chi connectivity index (χ4v) is 3.63. The molecule has 3 rings (SSSR count). The van der Waals surface area contributed by atoms with Gasteiger partial charge < -0.3 is 10.1 Å². The second-order valence-electron chi connectivity index (χ2n) is 5.81. The number of rotatable bonds is 6. The zero-order valence-electron chi connectivity index (χ0n) is 14.8. The second kappa shape index (κ2) is 8.59. The van der Waals surface area contributed by atoms with Crippen molar-refractivity contribution in [1.82, 2.24) is 0 Å². The maximum Gasteiger partial charge on any atom is 0.237 e. The van der Waals surface area contributed by atoms with E-state index < -0.39 is 0 Å². The van der Waals surface area contributed by atoms with Gasteiger partial charge in [0.1, 0.15) is 5.75 Å². The van der Waals surface area contributed by atoms with Crippen molar-refractivity contribution >= 4 is 23.4 Å². The van der Waals surface area contributed by atoms with E-state index in [0.29, 0.717) is 0 Å². The number of benzene rings is 3. The van der Waals surface area contributed by atoms with Crippen LogP contribution < -0.4 is 10.1 Å². The molecule has 1 N–H and O–H groups in total. The van der Waals surface area contributed by atoms with Crippen LogP contribution in [-0.4, -0.2) is 18.3 Å². The van der Waals surface area contributed by atoms with Gasteiger partial charge in [-0.25, -0.2) is 0 Å². The minimum absolute atomic E-state index is 0.0377. The lowest BCUT2D eigenvalue weighted by atomic mass is 10.0. The van der Waals surface area contributed by atoms with Crippen molar-refractivity contribution in [1.29, 1.82) is 0 Å². The molecule has 0 saturated carbocycles. The number of nitrogens with one attached hydrogen (secondary N) is 1. The van der Waals surface area contributed by atoms with E-state index in [2.05, 4.69) is 5.32 Å². The number of para-hydroxylation sites is 2. The Labute approximate surface area is 158 Å². The summed E-state index contributed by atoms with van der Waals surface area (Å²) in [6.45, 7) is 1.90. The summed E-state index contributed by atoms with van der Waals surface area (Å²) in [4.78, 5) is 13.7. The van der Waals surface area contributed by atoms with E-state index in [-0.39, 0.29) is 11.2 Å². The van der Waals surface area contributed by atoms with Crippen LogP contribution in [0, 0.1) is 0 Å². The van der Waals surface area contributed by atoms with E-state index in [9.17, 15) is 4.79 Å². The van der Waals surface area contributed by atoms with Gasteiger partial charge in [-0.15, -0.1) is 11.8 Å². The molecule has 0 saturated heterocycles. The second-order valence-corrected chi connectivity index (χ2v) is 7.19. The molecule has 26 heavy (non-hydrogen) atoms. The lowest BCUT2D eigenvalue weighted by molar-refractivity contribution is -0.115. The normalized spacial score (nSPS) is 11.6. The highest BCUT2D eigenvalue weighted by Gasteiger charge is 2.18. The van der Waals surface area contributed by atoms with E-state index in [0.717, 1.165) is 27.5 Å². The summed E-state index contributed by atoms with van der Waals surface area (Å²) in [7, 11) is 1.64. The van der Waals surface area contributed by atoms with Crippen LogP contribution in [0.25, 0.3) is 11.1 Å². The molecule has 0 heterocycles. The summed E-state index contributed by atoms with van der Waals surface area (Å²) in [6, 6.07) is 25.6. The first kappa shape index (κ1) is 18.1. The summed E-state index contributed by atoms with van der Waals surface area (Å²) in [5.41, 5.74) is 2.90. The fourth-order valence-electron chi connectivity index (χ4n) is 2.66. The van der Waals surface area contributed by atoms with Crippen LogP contribution in [0.3, 0.4) is 0 Å². The van der Waals surface area contributed by atoms with Crippen LogP contribution in [0.5, 0.6) is 5.75 Å². The highest BCUT2D eigenvalue weighted by Crippen LogP contribution is 2.33. The minimum Gasteiger partial charge on any atom is -0.496 e. The molecule has 1 amide bonds. The molecule has 0 bridgehead atoms. The molecular weight excluding hydrogens is 342 g/mol. The largest absolute Gasteiger partial charge is 0.496 e. The predicted octanol–water partition coefficient (Wildman–Crippen LogP) is 5.48. The van der Waals surface area contributed by atoms with Gasteiger partial charge in [-0.3, -0.25) is 4.79 Å². The zero-order valence-corrected chi connectivity index (χ0v) is 15.6. The third-order valence-corrected chi connectivity index (χ3v) is 5.17. The number of ether oxygens (including phenoxy) is 1. The number of hydrogen-bond acceptors (Lipinski definition) is 3. The van der Waals surface area contributed by atoms with E-state index in [1.54, 1.807) is 7.11 Å². The molecule has 1 unspecified atom stereocenters. The average Bonchev–Trinajstić information content (AvgIpc) is 2.69. The van der Waals surface area contributed by atoms with Crippen LogP contribution in [0.15, 0.2) is 83.8 Å². The molecule has 0 aliphatic heterocycles. The van der Waals surface area contributed by atoms with Crippen molar-refractivity contribution in [3.8, 4) is 16.9 Å². The lowest BCUT2D eigenvalue weighted by Crippen LogP contribution is -2.22. The monoisotopic (exact) mass is 363 g/mol. The van der Waals surface area contributed by atoms with Crippen LogP contribution in [0.4, 0.5) is 5.69 Å². The standard InChI is InChI=1S/C22H21NO2S/c1-16(26-21-15-9-8-14-20(21)25-2)22(24)23-19-13-7-6-12-18(19)17-10-4-3-5-11-17/h3-16H,1-2H3,(H,23,24). The molecule has 0 aliphatic carbocycles. The maximum absolute atomic E-state index is 12.7. The van der Waals surface area contributed by atoms with E-state index in [4.69, 9.17) is 4.74 Å². The smallest absolute Gasteiger partial charge is 0.237 e. The Bertz CT molecular complexity index is 880. The molecule has 3 nitrogen and oxygen atoms in total. The molecule has 0 aromatic heterocycles. The van der Waals surface area contributed by atoms with Gasteiger partial charge in [0.15, 0.2) is 0 Å². The summed E-state index contributed by atoms with van der Waals surface area (Å²) in [6.07, 6.45) is 0. The highest BCUT2D eigenvalue weighted by atomic mass is 32.2. The Morgan fingerprint density at radius 3 is 2.35 bits per heavy atom. The van der Waals surface area contributed by atoms with Crippen molar-refractivity contribution in [2.24, 2.45) is 0 Å². The number of anilines is 1. The molecule has 0 fully saturated rings. The molecule has 0 radical (unpaired) electrons. The van der Waals surface area contributed by atoms with Gasteiger partial charge in [-0.05, 0) is 30.7 Å². The van der Waals surface area contributed by atoms with Gasteiger partial charge in [0.2, 0.25) is 5.91 Å². The zero-order chi connectivity index (χ0) is 18.4.